The van der Waals surface area contributed by atoms with Gasteiger partial charge in [-0.3, -0.25) is 14.5 Å². The van der Waals surface area contributed by atoms with Crippen LogP contribution in [0.4, 0.5) is 0 Å². The maximum Gasteiger partial charge on any atom is 0.303 e. The lowest BCUT2D eigenvalue weighted by atomic mass is 9.78. The van der Waals surface area contributed by atoms with Gasteiger partial charge < -0.3 is 23.7 Å². The molecule has 1 fully saturated rings. The summed E-state index contributed by atoms with van der Waals surface area (Å²) in [4.78, 5) is 25.0. The molecule has 1 aliphatic rings. The third kappa shape index (κ3) is 9.42. The first-order valence-electron chi connectivity index (χ1n) is 13.1. The zero-order valence-electron chi connectivity index (χ0n) is 23.2. The number of halogens is 3. The first kappa shape index (κ1) is 32.3. The fourth-order valence-corrected chi connectivity index (χ4v) is 5.08. The zero-order valence-corrected chi connectivity index (χ0v) is 25.5. The van der Waals surface area contributed by atoms with Gasteiger partial charge in [-0.15, -0.1) is 11.6 Å². The highest BCUT2D eigenvalue weighted by Gasteiger charge is 2.26. The number of alkyl halides is 1. The molecule has 0 aromatic heterocycles. The predicted molar refractivity (Wildman–Crippen MR) is 155 cm³/mol. The van der Waals surface area contributed by atoms with Crippen LogP contribution in [0.5, 0.6) is 11.5 Å². The van der Waals surface area contributed by atoms with Crippen molar-refractivity contribution < 1.29 is 33.3 Å². The largest absolute Gasteiger partial charge is 0.490 e. The van der Waals surface area contributed by atoms with Crippen molar-refractivity contribution in [3.8, 4) is 11.5 Å². The maximum atomic E-state index is 11.6. The number of benzene rings is 2. The van der Waals surface area contributed by atoms with Gasteiger partial charge in [0.25, 0.3) is 0 Å². The van der Waals surface area contributed by atoms with Crippen molar-refractivity contribution in [3.05, 3.63) is 57.6 Å². The molecular weight excluding hydrogens is 581 g/mol. The molecule has 2 aromatic carbocycles. The zero-order chi connectivity index (χ0) is 29.3. The molecule has 220 valence electrons. The van der Waals surface area contributed by atoms with E-state index in [0.29, 0.717) is 41.3 Å². The molecule has 0 aliphatic carbocycles. The van der Waals surface area contributed by atoms with Crippen LogP contribution in [-0.2, 0) is 29.2 Å². The van der Waals surface area contributed by atoms with Crippen LogP contribution >= 0.6 is 34.8 Å². The third-order valence-corrected chi connectivity index (χ3v) is 7.45. The first-order chi connectivity index (χ1) is 19.0. The average molecular weight is 617 g/mol. The second kappa shape index (κ2) is 15.1. The van der Waals surface area contributed by atoms with Gasteiger partial charge in [0.15, 0.2) is 5.75 Å². The number of morpholine rings is 1. The van der Waals surface area contributed by atoms with E-state index < -0.39 is 17.5 Å². The van der Waals surface area contributed by atoms with Gasteiger partial charge >= 0.3 is 11.9 Å². The van der Waals surface area contributed by atoms with Crippen LogP contribution in [0, 0.1) is 0 Å². The van der Waals surface area contributed by atoms with Gasteiger partial charge in [-0.05, 0) is 35.4 Å². The standard InChI is InChI=1S/C29H36Cl3NO7/c1-19(34)39-24(15-30)17-38-28-26(31)13-22(14-27(28)32)29(3,4)21-5-7-23(8-6-21)37-18-25(40-20(2)35)16-33-9-11-36-12-10-33/h5-8,13-14,24-25H,9-12,15-18H2,1-4H3/t24-,25?/m1/s1. The number of carbonyl (C=O) groups excluding carboxylic acids is 2. The van der Waals surface area contributed by atoms with E-state index in [2.05, 4.69) is 18.7 Å². The van der Waals surface area contributed by atoms with Crippen LogP contribution in [0.3, 0.4) is 0 Å². The highest BCUT2D eigenvalue weighted by Crippen LogP contribution is 2.40. The van der Waals surface area contributed by atoms with Crippen molar-refractivity contribution in [2.75, 3.05) is 51.9 Å². The van der Waals surface area contributed by atoms with E-state index in [0.717, 1.165) is 24.2 Å². The molecular formula is C29H36Cl3NO7. The van der Waals surface area contributed by atoms with Gasteiger partial charge in [0.1, 0.15) is 31.2 Å². The second-order valence-electron chi connectivity index (χ2n) is 10.1. The Hall–Kier alpha value is -2.23. The molecule has 0 spiro atoms. The Morgan fingerprint density at radius 2 is 1.45 bits per heavy atom. The lowest BCUT2D eigenvalue weighted by Crippen LogP contribution is -2.43. The predicted octanol–water partition coefficient (Wildman–Crippen LogP) is 5.51. The summed E-state index contributed by atoms with van der Waals surface area (Å²) in [5.74, 6) is 0.263. The van der Waals surface area contributed by atoms with Gasteiger partial charge in [-0.1, -0.05) is 49.2 Å². The Morgan fingerprint density at radius 3 is 2.00 bits per heavy atom. The van der Waals surface area contributed by atoms with Gasteiger partial charge in [-0.25, -0.2) is 0 Å². The smallest absolute Gasteiger partial charge is 0.303 e. The minimum absolute atomic E-state index is 0.0253. The van der Waals surface area contributed by atoms with Gasteiger partial charge in [0, 0.05) is 38.9 Å². The summed E-state index contributed by atoms with van der Waals surface area (Å²) in [6, 6.07) is 11.4. The van der Waals surface area contributed by atoms with Crippen LogP contribution in [0.2, 0.25) is 10.0 Å². The lowest BCUT2D eigenvalue weighted by Gasteiger charge is -2.30. The van der Waals surface area contributed by atoms with Crippen LogP contribution < -0.4 is 9.47 Å². The molecule has 0 amide bonds. The molecule has 1 aliphatic heterocycles. The Bertz CT molecular complexity index is 1110. The van der Waals surface area contributed by atoms with Crippen LogP contribution in [0.1, 0.15) is 38.8 Å². The molecule has 1 heterocycles. The summed E-state index contributed by atoms with van der Waals surface area (Å²) in [7, 11) is 0. The summed E-state index contributed by atoms with van der Waals surface area (Å²) < 4.78 is 27.7. The highest BCUT2D eigenvalue weighted by molar-refractivity contribution is 6.37. The van der Waals surface area contributed by atoms with E-state index in [1.54, 1.807) is 0 Å². The summed E-state index contributed by atoms with van der Waals surface area (Å²) in [6.07, 6.45) is -1.00. The van der Waals surface area contributed by atoms with Gasteiger partial charge in [-0.2, -0.15) is 0 Å². The Morgan fingerprint density at radius 1 is 0.900 bits per heavy atom. The number of carbonyl (C=O) groups is 2. The molecule has 11 heteroatoms. The monoisotopic (exact) mass is 615 g/mol. The third-order valence-electron chi connectivity index (χ3n) is 6.55. The number of esters is 2. The molecule has 1 saturated heterocycles. The van der Waals surface area contributed by atoms with E-state index in [9.17, 15) is 9.59 Å². The Labute approximate surface area is 250 Å². The molecule has 2 aromatic rings. The van der Waals surface area contributed by atoms with Crippen molar-refractivity contribution in [2.24, 2.45) is 0 Å². The van der Waals surface area contributed by atoms with E-state index in [1.807, 2.05) is 36.4 Å². The first-order valence-corrected chi connectivity index (χ1v) is 14.3. The molecule has 1 unspecified atom stereocenters. The minimum Gasteiger partial charge on any atom is -0.490 e. The Balaban J connectivity index is 1.66. The van der Waals surface area contributed by atoms with Gasteiger partial charge in [0.2, 0.25) is 0 Å². The van der Waals surface area contributed by atoms with Crippen LogP contribution in [-0.4, -0.2) is 81.0 Å². The normalized spacial score (nSPS) is 15.7. The van der Waals surface area contributed by atoms with Crippen LogP contribution in [0.25, 0.3) is 0 Å². The number of hydrogen-bond donors (Lipinski definition) is 0. The number of rotatable bonds is 13. The topological polar surface area (TPSA) is 83.5 Å². The van der Waals surface area contributed by atoms with Crippen LogP contribution in [0.15, 0.2) is 36.4 Å². The maximum absolute atomic E-state index is 11.6. The number of ether oxygens (including phenoxy) is 5. The average Bonchev–Trinajstić information content (AvgIpc) is 2.90. The van der Waals surface area contributed by atoms with Gasteiger partial charge in [0.05, 0.1) is 29.1 Å². The van der Waals surface area contributed by atoms with E-state index in [4.69, 9.17) is 58.5 Å². The fraction of sp³-hybridized carbons (Fsp3) is 0.517. The summed E-state index contributed by atoms with van der Waals surface area (Å²) in [6.45, 7) is 10.6. The molecule has 8 nitrogen and oxygen atoms in total. The SMILES string of the molecule is CC(=O)OC(COc1ccc(C(C)(C)c2cc(Cl)c(OC[C@@H](CCl)OC(C)=O)c(Cl)c2)cc1)CN1CCOCC1. The summed E-state index contributed by atoms with van der Waals surface area (Å²) in [5, 5.41) is 0.673. The molecule has 0 saturated carbocycles. The minimum atomic E-state index is -0.619. The quantitative estimate of drug-likeness (QED) is 0.215. The lowest BCUT2D eigenvalue weighted by molar-refractivity contribution is -0.149. The molecule has 0 bridgehead atoms. The molecule has 0 radical (unpaired) electrons. The second-order valence-corrected chi connectivity index (χ2v) is 11.2. The van der Waals surface area contributed by atoms with Crippen molar-refractivity contribution in [3.63, 3.8) is 0 Å². The Kier molecular flexibility index (Phi) is 12.2. The molecule has 0 N–H and O–H groups in total. The summed E-state index contributed by atoms with van der Waals surface area (Å²) in [5.41, 5.74) is 1.46. The highest BCUT2D eigenvalue weighted by atomic mass is 35.5. The van der Waals surface area contributed by atoms with Crippen molar-refractivity contribution in [1.29, 1.82) is 0 Å². The number of hydrogen-bond acceptors (Lipinski definition) is 8. The molecule has 40 heavy (non-hydrogen) atoms. The van der Waals surface area contributed by atoms with E-state index >= 15 is 0 Å². The molecule has 2 atom stereocenters. The molecule has 3 rings (SSSR count). The fourth-order valence-electron chi connectivity index (χ4n) is 4.33. The van der Waals surface area contributed by atoms with Crippen molar-refractivity contribution in [2.45, 2.75) is 45.3 Å². The van der Waals surface area contributed by atoms with Crippen molar-refractivity contribution in [1.82, 2.24) is 4.90 Å². The van der Waals surface area contributed by atoms with E-state index in [-0.39, 0.29) is 31.2 Å². The van der Waals surface area contributed by atoms with E-state index in [1.165, 1.54) is 13.8 Å². The summed E-state index contributed by atoms with van der Waals surface area (Å²) >= 11 is 19.0. The van der Waals surface area contributed by atoms with Crippen molar-refractivity contribution >= 4 is 46.7 Å². The number of nitrogens with zero attached hydrogens (tertiary/aromatic N) is 1.